The number of nitrogens with one attached hydrogen (secondary N) is 1. The van der Waals surface area contributed by atoms with Gasteiger partial charge in [0, 0.05) is 0 Å². The van der Waals surface area contributed by atoms with E-state index in [4.69, 9.17) is 4.74 Å². The maximum Gasteiger partial charge on any atom is 0.416 e. The van der Waals surface area contributed by atoms with E-state index in [1.54, 1.807) is 43.3 Å². The van der Waals surface area contributed by atoms with Crippen molar-refractivity contribution in [3.8, 4) is 0 Å². The number of hydrogen-bond donors (Lipinski definition) is 1. The second-order valence-electron chi connectivity index (χ2n) is 7.72. The number of ether oxygens (including phenoxy) is 1. The van der Waals surface area contributed by atoms with Gasteiger partial charge in [-0.25, -0.2) is 0 Å². The predicted octanol–water partition coefficient (Wildman–Crippen LogP) is 7.60. The average Bonchev–Trinajstić information content (AvgIpc) is 2.76. The van der Waals surface area contributed by atoms with E-state index in [1.165, 1.54) is 19.1 Å². The van der Waals surface area contributed by atoms with Crippen LogP contribution in [0.5, 0.6) is 0 Å². The molecule has 0 fully saturated rings. The molecule has 0 unspecified atom stereocenters. The van der Waals surface area contributed by atoms with E-state index >= 15 is 0 Å². The fraction of sp³-hybridized carbons (Fsp3) is 0.346. The molecule has 2 aromatic rings. The van der Waals surface area contributed by atoms with Crippen LogP contribution in [-0.4, -0.2) is 12.5 Å². The van der Waals surface area contributed by atoms with Crippen molar-refractivity contribution in [3.05, 3.63) is 95.6 Å². The number of rotatable bonds is 9. The van der Waals surface area contributed by atoms with Crippen LogP contribution in [0.15, 0.2) is 73.3 Å². The quantitative estimate of drug-likeness (QED) is 0.218. The van der Waals surface area contributed by atoms with E-state index in [2.05, 4.69) is 11.9 Å². The molecule has 0 aromatic heterocycles. The summed E-state index contributed by atoms with van der Waals surface area (Å²) in [6, 6.07) is 10.0. The van der Waals surface area contributed by atoms with Crippen LogP contribution in [0.3, 0.4) is 0 Å². The maximum atomic E-state index is 13.2. The summed E-state index contributed by atoms with van der Waals surface area (Å²) in [6.45, 7) is 6.49. The summed E-state index contributed by atoms with van der Waals surface area (Å²) in [5, 5.41) is 2.84. The number of carbonyl (C=O) groups excluding carboxylic acids is 1. The van der Waals surface area contributed by atoms with Crippen molar-refractivity contribution in [1.29, 1.82) is 0 Å². The zero-order chi connectivity index (χ0) is 25.6. The molecule has 3 nitrogen and oxygen atoms in total. The summed E-state index contributed by atoms with van der Waals surface area (Å²) >= 11 is 0. The van der Waals surface area contributed by atoms with Gasteiger partial charge in [-0.1, -0.05) is 49.9 Å². The van der Waals surface area contributed by atoms with Crippen LogP contribution in [0.4, 0.5) is 26.3 Å². The fourth-order valence-electron chi connectivity index (χ4n) is 3.43. The fourth-order valence-corrected chi connectivity index (χ4v) is 3.43. The molecule has 2 rings (SSSR count). The molecule has 0 aliphatic rings. The van der Waals surface area contributed by atoms with Gasteiger partial charge in [0.15, 0.2) is 0 Å². The minimum absolute atomic E-state index is 0. The van der Waals surface area contributed by atoms with Gasteiger partial charge in [0.2, 0.25) is 5.91 Å². The van der Waals surface area contributed by atoms with Crippen LogP contribution >= 0.6 is 0 Å². The minimum atomic E-state index is -4.97. The molecule has 1 amide bonds. The zero-order valence-electron chi connectivity index (χ0n) is 18.6. The smallest absolute Gasteiger partial charge is 0.371 e. The molecule has 35 heavy (non-hydrogen) atoms. The minimum Gasteiger partial charge on any atom is -0.371 e. The van der Waals surface area contributed by atoms with E-state index in [1.807, 2.05) is 0 Å². The molecule has 0 saturated carbocycles. The summed E-state index contributed by atoms with van der Waals surface area (Å²) in [4.78, 5) is 12.4. The number of benzene rings is 2. The van der Waals surface area contributed by atoms with E-state index in [0.717, 1.165) is 0 Å². The molecule has 0 radical (unpaired) electrons. The van der Waals surface area contributed by atoms with Gasteiger partial charge >= 0.3 is 12.4 Å². The third kappa shape index (κ3) is 7.99. The lowest BCUT2D eigenvalue weighted by Gasteiger charge is -2.35. The second-order valence-corrected chi connectivity index (χ2v) is 7.72. The molecular weight excluding hydrogens is 472 g/mol. The van der Waals surface area contributed by atoms with Crippen LogP contribution in [0, 0.1) is 0 Å². The van der Waals surface area contributed by atoms with Crippen molar-refractivity contribution in [3.63, 3.8) is 0 Å². The highest BCUT2D eigenvalue weighted by atomic mass is 19.4. The molecule has 2 atom stereocenters. The lowest BCUT2D eigenvalue weighted by atomic mass is 9.87. The van der Waals surface area contributed by atoms with Gasteiger partial charge in [-0.2, -0.15) is 26.3 Å². The molecule has 0 spiro atoms. The van der Waals surface area contributed by atoms with Crippen LogP contribution in [0.2, 0.25) is 0 Å². The standard InChI is InChI=1S/C25H25F6NO2.CH4/c1-4-9-22(33)32-23(12-5-2,19-10-7-6-8-11-19)16-34-17(3)18-13-20(24(26,27)28)15-21(14-18)25(29,30)31;/h4-11,13-15,17H,2,12,16H2,1,3H3,(H,32,33);1H4/b9-4+;/t17-,23-;/m1./s1. The molecule has 9 heteroatoms. The molecular formula is C26H29F6NO2. The number of allylic oxidation sites excluding steroid dienone is 1. The average molecular weight is 502 g/mol. The first-order valence-corrected chi connectivity index (χ1v) is 10.3. The number of alkyl halides is 6. The summed E-state index contributed by atoms with van der Waals surface area (Å²) in [7, 11) is 0. The van der Waals surface area contributed by atoms with Crippen molar-refractivity contribution in [1.82, 2.24) is 5.32 Å². The van der Waals surface area contributed by atoms with E-state index in [9.17, 15) is 31.1 Å². The molecule has 1 N–H and O–H groups in total. The van der Waals surface area contributed by atoms with Crippen molar-refractivity contribution < 1.29 is 35.9 Å². The normalized spacial score (nSPS) is 14.6. The molecule has 2 aromatic carbocycles. The molecule has 0 heterocycles. The van der Waals surface area contributed by atoms with Gasteiger partial charge in [-0.15, -0.1) is 6.58 Å². The highest BCUT2D eigenvalue weighted by Gasteiger charge is 2.38. The maximum absolute atomic E-state index is 13.2. The molecule has 0 bridgehead atoms. The van der Waals surface area contributed by atoms with Gasteiger partial charge < -0.3 is 10.1 Å². The Labute approximate surface area is 201 Å². The van der Waals surface area contributed by atoms with Crippen molar-refractivity contribution in [2.75, 3.05) is 6.61 Å². The molecule has 0 aliphatic carbocycles. The highest BCUT2D eigenvalue weighted by molar-refractivity contribution is 5.88. The Hall–Kier alpha value is -3.07. The third-order valence-electron chi connectivity index (χ3n) is 5.16. The van der Waals surface area contributed by atoms with Gasteiger partial charge in [0.05, 0.1) is 29.4 Å². The van der Waals surface area contributed by atoms with Gasteiger partial charge in [-0.3, -0.25) is 4.79 Å². The Morgan fingerprint density at radius 1 is 1.00 bits per heavy atom. The monoisotopic (exact) mass is 501 g/mol. The third-order valence-corrected chi connectivity index (χ3v) is 5.16. The van der Waals surface area contributed by atoms with Crippen LogP contribution < -0.4 is 5.32 Å². The Kier molecular flexibility index (Phi) is 10.3. The van der Waals surface area contributed by atoms with Crippen LogP contribution in [0.1, 0.15) is 56.1 Å². The molecule has 192 valence electrons. The Balaban J connectivity index is 0.00000612. The Bertz CT molecular complexity index is 982. The van der Waals surface area contributed by atoms with Crippen LogP contribution in [-0.2, 0) is 27.4 Å². The van der Waals surface area contributed by atoms with E-state index < -0.39 is 41.0 Å². The lowest BCUT2D eigenvalue weighted by Crippen LogP contribution is -2.48. The van der Waals surface area contributed by atoms with Crippen LogP contribution in [0.25, 0.3) is 0 Å². The Morgan fingerprint density at radius 2 is 1.54 bits per heavy atom. The summed E-state index contributed by atoms with van der Waals surface area (Å²) < 4.78 is 85.2. The number of hydrogen-bond acceptors (Lipinski definition) is 2. The van der Waals surface area contributed by atoms with E-state index in [0.29, 0.717) is 17.7 Å². The highest BCUT2D eigenvalue weighted by Crippen LogP contribution is 2.38. The first-order valence-electron chi connectivity index (χ1n) is 10.3. The molecule has 0 saturated heterocycles. The predicted molar refractivity (Wildman–Crippen MR) is 123 cm³/mol. The van der Waals surface area contributed by atoms with E-state index in [-0.39, 0.29) is 32.1 Å². The first kappa shape index (κ1) is 30.0. The van der Waals surface area contributed by atoms with Gasteiger partial charge in [0.25, 0.3) is 0 Å². The number of amides is 1. The van der Waals surface area contributed by atoms with Gasteiger partial charge in [-0.05, 0) is 55.7 Å². The number of carbonyl (C=O) groups is 1. The summed E-state index contributed by atoms with van der Waals surface area (Å²) in [5.74, 6) is -0.442. The first-order chi connectivity index (χ1) is 15.8. The summed E-state index contributed by atoms with van der Waals surface area (Å²) in [5.41, 5.74) is -3.64. The van der Waals surface area contributed by atoms with Gasteiger partial charge in [0.1, 0.15) is 0 Å². The Morgan fingerprint density at radius 3 is 2.00 bits per heavy atom. The largest absolute Gasteiger partial charge is 0.416 e. The zero-order valence-corrected chi connectivity index (χ0v) is 18.6. The SMILES string of the molecule is C.C=CC[C@](CO[C@H](C)c1cc(C(F)(F)F)cc(C(F)(F)F)c1)(NC(=O)/C=C/C)c1ccccc1. The second kappa shape index (κ2) is 12.1. The van der Waals surface area contributed by atoms with Crippen molar-refractivity contribution in [2.24, 2.45) is 0 Å². The summed E-state index contributed by atoms with van der Waals surface area (Å²) in [6.07, 6.45) is -6.50. The van der Waals surface area contributed by atoms with Crippen molar-refractivity contribution in [2.45, 2.75) is 51.7 Å². The number of halogens is 6. The topological polar surface area (TPSA) is 38.3 Å². The van der Waals surface area contributed by atoms with Crippen molar-refractivity contribution >= 4 is 5.91 Å². The lowest BCUT2D eigenvalue weighted by molar-refractivity contribution is -0.143. The molecule has 0 aliphatic heterocycles.